The van der Waals surface area contributed by atoms with Crippen molar-refractivity contribution in [2.45, 2.75) is 46.3 Å². The molecule has 3 heteroatoms. The average molecular weight is 302 g/mol. The Morgan fingerprint density at radius 2 is 1.81 bits per heavy atom. The second kappa shape index (κ2) is 6.63. The van der Waals surface area contributed by atoms with Crippen molar-refractivity contribution in [2.75, 3.05) is 11.9 Å². The molecule has 1 aromatic heterocycles. The van der Waals surface area contributed by atoms with Crippen molar-refractivity contribution < 1.29 is 0 Å². The third kappa shape index (κ3) is 5.18. The van der Waals surface area contributed by atoms with E-state index < -0.39 is 0 Å². The van der Waals surface area contributed by atoms with Crippen LogP contribution in [0.4, 0.5) is 5.69 Å². The Labute approximate surface area is 132 Å². The minimum absolute atomic E-state index is 0.169. The van der Waals surface area contributed by atoms with E-state index in [4.69, 9.17) is 0 Å². The maximum atomic E-state index is 3.54. The Morgan fingerprint density at radius 1 is 1.10 bits per heavy atom. The van der Waals surface area contributed by atoms with Crippen LogP contribution in [0, 0.1) is 6.92 Å². The standard InChI is InChI=1S/C18H26N2S/c1-14-7-6-8-15(11-14)20(5)13-17-10-9-16(21-17)12-19-18(2,3)4/h6-11,19H,12-13H2,1-5H3. The normalized spacial score (nSPS) is 11.7. The van der Waals surface area contributed by atoms with Gasteiger partial charge in [0, 0.05) is 34.6 Å². The Kier molecular flexibility index (Phi) is 5.07. The number of rotatable bonds is 5. The van der Waals surface area contributed by atoms with Crippen LogP contribution >= 0.6 is 11.3 Å². The van der Waals surface area contributed by atoms with E-state index in [-0.39, 0.29) is 5.54 Å². The summed E-state index contributed by atoms with van der Waals surface area (Å²) in [5.74, 6) is 0. The van der Waals surface area contributed by atoms with E-state index in [0.717, 1.165) is 13.1 Å². The Balaban J connectivity index is 1.96. The van der Waals surface area contributed by atoms with Gasteiger partial charge in [-0.15, -0.1) is 11.3 Å². The van der Waals surface area contributed by atoms with Crippen LogP contribution in [0.1, 0.15) is 36.1 Å². The molecule has 0 saturated carbocycles. The summed E-state index contributed by atoms with van der Waals surface area (Å²) < 4.78 is 0. The van der Waals surface area contributed by atoms with Gasteiger partial charge in [-0.25, -0.2) is 0 Å². The lowest BCUT2D eigenvalue weighted by Gasteiger charge is -2.20. The zero-order chi connectivity index (χ0) is 15.5. The molecule has 1 aromatic carbocycles. The fourth-order valence-corrected chi connectivity index (χ4v) is 3.16. The lowest BCUT2D eigenvalue weighted by atomic mass is 10.1. The highest BCUT2D eigenvalue weighted by molar-refractivity contribution is 7.12. The number of benzene rings is 1. The highest BCUT2D eigenvalue weighted by Crippen LogP contribution is 2.22. The number of aryl methyl sites for hydroxylation is 1. The molecule has 2 aromatic rings. The smallest absolute Gasteiger partial charge is 0.0519 e. The summed E-state index contributed by atoms with van der Waals surface area (Å²) in [5, 5.41) is 3.54. The lowest BCUT2D eigenvalue weighted by Crippen LogP contribution is -2.34. The molecule has 21 heavy (non-hydrogen) atoms. The van der Waals surface area contributed by atoms with Crippen molar-refractivity contribution in [3.8, 4) is 0 Å². The molecule has 0 spiro atoms. The van der Waals surface area contributed by atoms with E-state index in [2.05, 4.69) is 81.4 Å². The van der Waals surface area contributed by atoms with Gasteiger partial charge in [0.1, 0.15) is 0 Å². The molecule has 0 amide bonds. The molecule has 0 saturated heterocycles. The Bertz CT molecular complexity index is 581. The van der Waals surface area contributed by atoms with Crippen LogP contribution in [0.5, 0.6) is 0 Å². The molecule has 2 nitrogen and oxygen atoms in total. The van der Waals surface area contributed by atoms with Gasteiger partial charge in [-0.05, 0) is 57.5 Å². The van der Waals surface area contributed by atoms with Gasteiger partial charge in [-0.2, -0.15) is 0 Å². The average Bonchev–Trinajstić information content (AvgIpc) is 2.83. The van der Waals surface area contributed by atoms with E-state index in [1.165, 1.54) is 21.0 Å². The number of hydrogen-bond donors (Lipinski definition) is 1. The first-order valence-corrected chi connectivity index (χ1v) is 8.25. The molecule has 0 unspecified atom stereocenters. The fourth-order valence-electron chi connectivity index (χ4n) is 2.15. The topological polar surface area (TPSA) is 15.3 Å². The van der Waals surface area contributed by atoms with Crippen molar-refractivity contribution in [2.24, 2.45) is 0 Å². The summed E-state index contributed by atoms with van der Waals surface area (Å²) in [6, 6.07) is 13.1. The maximum Gasteiger partial charge on any atom is 0.0519 e. The van der Waals surface area contributed by atoms with Crippen LogP contribution in [0.25, 0.3) is 0 Å². The molecule has 1 heterocycles. The summed E-state index contributed by atoms with van der Waals surface area (Å²) in [5.41, 5.74) is 2.75. The first-order chi connectivity index (χ1) is 9.83. The third-order valence-corrected chi connectivity index (χ3v) is 4.42. The van der Waals surface area contributed by atoms with Gasteiger partial charge in [0.25, 0.3) is 0 Å². The molecular weight excluding hydrogens is 276 g/mol. The van der Waals surface area contributed by atoms with Crippen LogP contribution < -0.4 is 10.2 Å². The van der Waals surface area contributed by atoms with Gasteiger partial charge >= 0.3 is 0 Å². The number of anilines is 1. The molecule has 0 aliphatic carbocycles. The number of nitrogens with zero attached hydrogens (tertiary/aromatic N) is 1. The van der Waals surface area contributed by atoms with E-state index in [1.54, 1.807) is 0 Å². The molecule has 2 rings (SSSR count). The summed E-state index contributed by atoms with van der Waals surface area (Å²) in [6.07, 6.45) is 0. The molecule has 0 aliphatic heterocycles. The van der Waals surface area contributed by atoms with E-state index in [0.29, 0.717) is 0 Å². The van der Waals surface area contributed by atoms with Gasteiger partial charge in [0.2, 0.25) is 0 Å². The van der Waals surface area contributed by atoms with Gasteiger partial charge in [-0.3, -0.25) is 0 Å². The number of nitrogens with one attached hydrogen (secondary N) is 1. The zero-order valence-corrected chi connectivity index (χ0v) is 14.6. The minimum Gasteiger partial charge on any atom is -0.369 e. The van der Waals surface area contributed by atoms with E-state index >= 15 is 0 Å². The van der Waals surface area contributed by atoms with Crippen LogP contribution in [-0.2, 0) is 13.1 Å². The van der Waals surface area contributed by atoms with Crippen molar-refractivity contribution in [3.63, 3.8) is 0 Å². The minimum atomic E-state index is 0.169. The molecule has 0 radical (unpaired) electrons. The predicted molar refractivity (Wildman–Crippen MR) is 94.2 cm³/mol. The monoisotopic (exact) mass is 302 g/mol. The fraction of sp³-hybridized carbons (Fsp3) is 0.444. The summed E-state index contributed by atoms with van der Waals surface area (Å²) in [4.78, 5) is 5.11. The summed E-state index contributed by atoms with van der Waals surface area (Å²) in [7, 11) is 2.15. The van der Waals surface area contributed by atoms with Crippen molar-refractivity contribution in [1.29, 1.82) is 0 Å². The van der Waals surface area contributed by atoms with E-state index in [9.17, 15) is 0 Å². The van der Waals surface area contributed by atoms with Crippen LogP contribution in [0.15, 0.2) is 36.4 Å². The first kappa shape index (κ1) is 16.1. The molecule has 0 aliphatic rings. The SMILES string of the molecule is Cc1cccc(N(C)Cc2ccc(CNC(C)(C)C)s2)c1. The third-order valence-electron chi connectivity index (χ3n) is 3.35. The molecule has 1 N–H and O–H groups in total. The Hall–Kier alpha value is -1.32. The molecule has 0 atom stereocenters. The van der Waals surface area contributed by atoms with Gasteiger partial charge in [0.15, 0.2) is 0 Å². The molecule has 0 fully saturated rings. The van der Waals surface area contributed by atoms with Gasteiger partial charge in [-0.1, -0.05) is 12.1 Å². The zero-order valence-electron chi connectivity index (χ0n) is 13.7. The number of hydrogen-bond acceptors (Lipinski definition) is 3. The van der Waals surface area contributed by atoms with Gasteiger partial charge in [0.05, 0.1) is 6.54 Å². The Morgan fingerprint density at radius 3 is 2.48 bits per heavy atom. The first-order valence-electron chi connectivity index (χ1n) is 7.44. The number of thiophene rings is 1. The van der Waals surface area contributed by atoms with Crippen molar-refractivity contribution >= 4 is 17.0 Å². The van der Waals surface area contributed by atoms with Crippen LogP contribution in [0.3, 0.4) is 0 Å². The van der Waals surface area contributed by atoms with E-state index in [1.807, 2.05) is 11.3 Å². The second-order valence-electron chi connectivity index (χ2n) is 6.67. The summed E-state index contributed by atoms with van der Waals surface area (Å²) in [6.45, 7) is 10.7. The molecule has 0 bridgehead atoms. The highest BCUT2D eigenvalue weighted by atomic mass is 32.1. The maximum absolute atomic E-state index is 3.54. The van der Waals surface area contributed by atoms with Crippen molar-refractivity contribution in [1.82, 2.24) is 5.32 Å². The van der Waals surface area contributed by atoms with Crippen LogP contribution in [-0.4, -0.2) is 12.6 Å². The van der Waals surface area contributed by atoms with Gasteiger partial charge < -0.3 is 10.2 Å². The quantitative estimate of drug-likeness (QED) is 0.869. The van der Waals surface area contributed by atoms with Crippen LogP contribution in [0.2, 0.25) is 0 Å². The molecule has 114 valence electrons. The summed E-state index contributed by atoms with van der Waals surface area (Å²) >= 11 is 1.90. The predicted octanol–water partition coefficient (Wildman–Crippen LogP) is 4.58. The largest absolute Gasteiger partial charge is 0.369 e. The van der Waals surface area contributed by atoms with Crippen molar-refractivity contribution in [3.05, 3.63) is 51.7 Å². The second-order valence-corrected chi connectivity index (χ2v) is 7.92. The highest BCUT2D eigenvalue weighted by Gasteiger charge is 2.10. The molecular formula is C18H26N2S. The lowest BCUT2D eigenvalue weighted by molar-refractivity contribution is 0.426.